The zero-order valence-electron chi connectivity index (χ0n) is 4.57. The zero-order valence-corrected chi connectivity index (χ0v) is 4.57. The number of nitrogens with two attached hydrogens (primary N) is 1. The van der Waals surface area contributed by atoms with Crippen LogP contribution in [0.25, 0.3) is 0 Å². The molecule has 1 unspecified atom stereocenters. The summed E-state index contributed by atoms with van der Waals surface area (Å²) in [6, 6.07) is 0.699. The van der Waals surface area contributed by atoms with Crippen LogP contribution in [0.4, 0.5) is 0 Å². The van der Waals surface area contributed by atoms with Gasteiger partial charge in [-0.2, -0.15) is 7.05 Å². The van der Waals surface area contributed by atoms with Gasteiger partial charge in [-0.05, 0) is 13.3 Å². The smallest absolute Gasteiger partial charge is 0.0588 e. The van der Waals surface area contributed by atoms with Gasteiger partial charge in [-0.25, -0.2) is 0 Å². The van der Waals surface area contributed by atoms with Crippen LogP contribution >= 0.6 is 0 Å². The van der Waals surface area contributed by atoms with E-state index in [4.69, 9.17) is 0 Å². The topological polar surface area (TPSA) is 16.6 Å². The van der Waals surface area contributed by atoms with Crippen molar-refractivity contribution in [3.8, 4) is 0 Å². The molecule has 38 valence electrons. The lowest BCUT2D eigenvalue weighted by Crippen LogP contribution is -2.82. The Labute approximate surface area is 39.7 Å². The number of quaternary nitrogens is 1. The van der Waals surface area contributed by atoms with Crippen molar-refractivity contribution < 1.29 is 5.32 Å². The summed E-state index contributed by atoms with van der Waals surface area (Å²) in [6.45, 7) is 4.32. The first-order valence-corrected chi connectivity index (χ1v) is 2.43. The van der Waals surface area contributed by atoms with Crippen molar-refractivity contribution in [1.82, 2.24) is 0 Å². The van der Waals surface area contributed by atoms with Gasteiger partial charge in [0.1, 0.15) is 0 Å². The normalized spacial score (nSPS) is 14.5. The second kappa shape index (κ2) is 3.16. The lowest BCUT2D eigenvalue weighted by atomic mass is 10.3. The van der Waals surface area contributed by atoms with Gasteiger partial charge in [-0.3, -0.25) is 0 Å². The van der Waals surface area contributed by atoms with Crippen LogP contribution in [-0.4, -0.2) is 6.04 Å². The van der Waals surface area contributed by atoms with Crippen LogP contribution in [0.1, 0.15) is 20.3 Å². The Morgan fingerprint density at radius 3 is 2.33 bits per heavy atom. The van der Waals surface area contributed by atoms with E-state index >= 15 is 0 Å². The molecule has 0 saturated carbocycles. The molecule has 6 heavy (non-hydrogen) atoms. The predicted octanol–water partition coefficient (Wildman–Crippen LogP) is 0.140. The van der Waals surface area contributed by atoms with Crippen LogP contribution < -0.4 is 5.32 Å². The Bertz CT molecular complexity index is 23.1. The van der Waals surface area contributed by atoms with Crippen molar-refractivity contribution in [2.75, 3.05) is 0 Å². The van der Waals surface area contributed by atoms with Crippen molar-refractivity contribution in [2.24, 2.45) is 0 Å². The molecular weight excluding hydrogens is 74.1 g/mol. The number of rotatable bonds is 2. The predicted molar refractivity (Wildman–Crippen MR) is 27.0 cm³/mol. The minimum Gasteiger partial charge on any atom is -0.477 e. The summed E-state index contributed by atoms with van der Waals surface area (Å²) in [6.07, 6.45) is 1.21. The van der Waals surface area contributed by atoms with Crippen LogP contribution in [0.2, 0.25) is 0 Å². The molecule has 1 heteroatoms. The first kappa shape index (κ1) is 5.96. The molecule has 2 N–H and O–H groups in total. The van der Waals surface area contributed by atoms with Gasteiger partial charge in [0.2, 0.25) is 0 Å². The molecule has 0 aromatic rings. The molecule has 0 saturated heterocycles. The van der Waals surface area contributed by atoms with E-state index in [1.54, 1.807) is 0 Å². The largest absolute Gasteiger partial charge is 0.477 e. The molecule has 0 fully saturated rings. The SMILES string of the molecule is [CH2-][NH2+]C(C)CC. The second-order valence-electron chi connectivity index (χ2n) is 1.62. The molecule has 0 spiro atoms. The molecule has 1 atom stereocenters. The Morgan fingerprint density at radius 2 is 2.33 bits per heavy atom. The van der Waals surface area contributed by atoms with E-state index in [1.165, 1.54) is 6.42 Å². The minimum atomic E-state index is 0.699. The van der Waals surface area contributed by atoms with Gasteiger partial charge >= 0.3 is 0 Å². The highest BCUT2D eigenvalue weighted by Crippen LogP contribution is 1.75. The third-order valence-electron chi connectivity index (χ3n) is 1.05. The Hall–Kier alpha value is -0.0400. The van der Waals surface area contributed by atoms with E-state index in [0.717, 1.165) is 0 Å². The maximum Gasteiger partial charge on any atom is 0.0588 e. The highest BCUT2D eigenvalue weighted by molar-refractivity contribution is 4.34. The third-order valence-corrected chi connectivity index (χ3v) is 1.05. The summed E-state index contributed by atoms with van der Waals surface area (Å²) in [7, 11) is 3.63. The molecule has 0 amide bonds. The molecule has 0 aromatic carbocycles. The second-order valence-corrected chi connectivity index (χ2v) is 1.62. The summed E-state index contributed by atoms with van der Waals surface area (Å²) in [5.74, 6) is 0. The highest BCUT2D eigenvalue weighted by Gasteiger charge is 1.87. The van der Waals surface area contributed by atoms with E-state index in [1.807, 2.05) is 5.32 Å². The molecule has 0 aromatic heterocycles. The maximum atomic E-state index is 3.63. The van der Waals surface area contributed by atoms with Crippen molar-refractivity contribution in [2.45, 2.75) is 26.3 Å². The lowest BCUT2D eigenvalue weighted by molar-refractivity contribution is -0.630. The summed E-state index contributed by atoms with van der Waals surface area (Å²) in [5.41, 5.74) is 0. The van der Waals surface area contributed by atoms with Crippen molar-refractivity contribution in [3.63, 3.8) is 0 Å². The Kier molecular flexibility index (Phi) is 3.14. The minimum absolute atomic E-state index is 0.699. The Balaban J connectivity index is 2.75. The molecule has 0 bridgehead atoms. The van der Waals surface area contributed by atoms with E-state index in [0.29, 0.717) is 6.04 Å². The molecule has 0 radical (unpaired) electrons. The third kappa shape index (κ3) is 2.21. The fourth-order valence-corrected chi connectivity index (χ4v) is 0.167. The quantitative estimate of drug-likeness (QED) is 0.461. The first-order chi connectivity index (χ1) is 2.81. The number of hydrogen-bond donors (Lipinski definition) is 1. The lowest BCUT2D eigenvalue weighted by Gasteiger charge is -2.04. The molecule has 0 heterocycles. The van der Waals surface area contributed by atoms with Crippen LogP contribution in [-0.2, 0) is 0 Å². The van der Waals surface area contributed by atoms with Gasteiger partial charge in [0.05, 0.1) is 6.04 Å². The average molecular weight is 87.2 g/mol. The van der Waals surface area contributed by atoms with Gasteiger partial charge < -0.3 is 5.32 Å². The van der Waals surface area contributed by atoms with Crippen LogP contribution in [0.3, 0.4) is 0 Å². The number of hydrogen-bond acceptors (Lipinski definition) is 0. The van der Waals surface area contributed by atoms with E-state index < -0.39 is 0 Å². The average Bonchev–Trinajstić information content (AvgIpc) is 1.65. The van der Waals surface area contributed by atoms with Crippen LogP contribution in [0.5, 0.6) is 0 Å². The Morgan fingerprint density at radius 1 is 1.83 bits per heavy atom. The molecule has 0 aliphatic rings. The fraction of sp³-hybridized carbons (Fsp3) is 0.800. The van der Waals surface area contributed by atoms with Gasteiger partial charge in [0, 0.05) is 0 Å². The van der Waals surface area contributed by atoms with Gasteiger partial charge in [-0.1, -0.05) is 6.92 Å². The first-order valence-electron chi connectivity index (χ1n) is 2.43. The molecule has 1 nitrogen and oxygen atoms in total. The summed E-state index contributed by atoms with van der Waals surface area (Å²) < 4.78 is 0. The van der Waals surface area contributed by atoms with Gasteiger partial charge in [-0.15, -0.1) is 0 Å². The molecule has 0 aliphatic heterocycles. The van der Waals surface area contributed by atoms with E-state index in [2.05, 4.69) is 20.9 Å². The van der Waals surface area contributed by atoms with Crippen molar-refractivity contribution in [1.29, 1.82) is 0 Å². The molecule has 0 rings (SSSR count). The van der Waals surface area contributed by atoms with Crippen LogP contribution in [0, 0.1) is 7.05 Å². The zero-order chi connectivity index (χ0) is 4.99. The summed E-state index contributed by atoms with van der Waals surface area (Å²) in [4.78, 5) is 0. The summed E-state index contributed by atoms with van der Waals surface area (Å²) >= 11 is 0. The standard InChI is InChI=1S/C5H13N/c1-4-5(2)6-3/h5H,3-4,6H2,1-2H3. The van der Waals surface area contributed by atoms with Gasteiger partial charge in [0.15, 0.2) is 0 Å². The van der Waals surface area contributed by atoms with E-state index in [-0.39, 0.29) is 0 Å². The molecule has 0 aliphatic carbocycles. The van der Waals surface area contributed by atoms with Gasteiger partial charge in [0.25, 0.3) is 0 Å². The van der Waals surface area contributed by atoms with E-state index in [9.17, 15) is 0 Å². The fourth-order valence-electron chi connectivity index (χ4n) is 0.167. The van der Waals surface area contributed by atoms with Crippen molar-refractivity contribution >= 4 is 0 Å². The van der Waals surface area contributed by atoms with Crippen molar-refractivity contribution in [3.05, 3.63) is 7.05 Å². The van der Waals surface area contributed by atoms with Crippen LogP contribution in [0.15, 0.2) is 0 Å². The molecular formula is C5H13N. The highest BCUT2D eigenvalue weighted by atomic mass is 14.8. The summed E-state index contributed by atoms with van der Waals surface area (Å²) in [5, 5.41) is 1.97. The monoisotopic (exact) mass is 87.1 g/mol. The maximum absolute atomic E-state index is 3.63.